The monoisotopic (exact) mass is 311 g/mol. The highest BCUT2D eigenvalue weighted by Crippen LogP contribution is 2.18. The Balaban J connectivity index is 2.20. The van der Waals surface area contributed by atoms with E-state index in [9.17, 15) is 4.79 Å². The van der Waals surface area contributed by atoms with E-state index in [-0.39, 0.29) is 12.0 Å². The molecule has 1 atom stereocenters. The van der Waals surface area contributed by atoms with Crippen molar-refractivity contribution < 1.29 is 9.53 Å². The van der Waals surface area contributed by atoms with Gasteiger partial charge in [0.15, 0.2) is 0 Å². The van der Waals surface area contributed by atoms with Crippen LogP contribution >= 0.6 is 15.9 Å². The number of benzene rings is 1. The molecule has 4 heteroatoms. The van der Waals surface area contributed by atoms with Crippen molar-refractivity contribution >= 4 is 21.8 Å². The molecular weight excluding hydrogens is 294 g/mol. The predicted octanol–water partition coefficient (Wildman–Crippen LogP) is 2.54. The third-order valence-corrected chi connectivity index (χ3v) is 4.02. The van der Waals surface area contributed by atoms with E-state index in [1.165, 1.54) is 0 Å². The SMILES string of the molecule is Cc1cccc(C)c1C(=O)N1CCOC(CBr)C1. The first kappa shape index (κ1) is 13.6. The van der Waals surface area contributed by atoms with Gasteiger partial charge in [-0.2, -0.15) is 0 Å². The van der Waals surface area contributed by atoms with E-state index in [0.29, 0.717) is 19.7 Å². The number of hydrogen-bond donors (Lipinski definition) is 0. The van der Waals surface area contributed by atoms with Gasteiger partial charge >= 0.3 is 0 Å². The lowest BCUT2D eigenvalue weighted by Gasteiger charge is -2.32. The van der Waals surface area contributed by atoms with Crippen molar-refractivity contribution in [3.8, 4) is 0 Å². The van der Waals surface area contributed by atoms with Gasteiger partial charge in [-0.3, -0.25) is 4.79 Å². The Bertz CT molecular complexity index is 427. The summed E-state index contributed by atoms with van der Waals surface area (Å²) in [7, 11) is 0. The molecule has 1 aliphatic heterocycles. The summed E-state index contributed by atoms with van der Waals surface area (Å²) in [5, 5.41) is 0.767. The molecule has 0 saturated carbocycles. The van der Waals surface area contributed by atoms with Crippen LogP contribution in [0, 0.1) is 13.8 Å². The van der Waals surface area contributed by atoms with Gasteiger partial charge in [0.25, 0.3) is 5.91 Å². The fraction of sp³-hybridized carbons (Fsp3) is 0.500. The van der Waals surface area contributed by atoms with Crippen LogP contribution in [0.3, 0.4) is 0 Å². The smallest absolute Gasteiger partial charge is 0.254 e. The number of hydrogen-bond acceptors (Lipinski definition) is 2. The molecule has 1 fully saturated rings. The molecule has 1 amide bonds. The fourth-order valence-electron chi connectivity index (χ4n) is 2.31. The minimum absolute atomic E-state index is 0.104. The summed E-state index contributed by atoms with van der Waals surface area (Å²) in [5.74, 6) is 0.125. The largest absolute Gasteiger partial charge is 0.374 e. The molecule has 18 heavy (non-hydrogen) atoms. The molecule has 1 aromatic carbocycles. The van der Waals surface area contributed by atoms with Gasteiger partial charge in [0.2, 0.25) is 0 Å². The quantitative estimate of drug-likeness (QED) is 0.786. The van der Waals surface area contributed by atoms with Gasteiger partial charge in [-0.15, -0.1) is 0 Å². The van der Waals surface area contributed by atoms with Crippen LogP contribution in [0.15, 0.2) is 18.2 Å². The number of ether oxygens (including phenoxy) is 1. The van der Waals surface area contributed by atoms with E-state index in [0.717, 1.165) is 22.0 Å². The lowest BCUT2D eigenvalue weighted by molar-refractivity contribution is -0.00971. The van der Waals surface area contributed by atoms with Gasteiger partial charge in [0.05, 0.1) is 12.7 Å². The van der Waals surface area contributed by atoms with Crippen LogP contribution in [0.1, 0.15) is 21.5 Å². The van der Waals surface area contributed by atoms with E-state index in [2.05, 4.69) is 15.9 Å². The molecule has 0 spiro atoms. The third-order valence-electron chi connectivity index (χ3n) is 3.29. The molecule has 1 saturated heterocycles. The molecule has 98 valence electrons. The van der Waals surface area contributed by atoms with Crippen LogP contribution in [0.2, 0.25) is 0 Å². The first-order valence-corrected chi connectivity index (χ1v) is 7.28. The standard InChI is InChI=1S/C14H18BrNO2/c1-10-4-3-5-11(2)13(10)14(17)16-6-7-18-12(8-15)9-16/h3-5,12H,6-9H2,1-2H3. The van der Waals surface area contributed by atoms with Crippen LogP contribution in [0.4, 0.5) is 0 Å². The Kier molecular flexibility index (Phi) is 4.40. The Morgan fingerprint density at radius 3 is 2.72 bits per heavy atom. The number of rotatable bonds is 2. The average molecular weight is 312 g/mol. The molecule has 3 nitrogen and oxygen atoms in total. The summed E-state index contributed by atoms with van der Waals surface area (Å²) in [6.45, 7) is 5.94. The van der Waals surface area contributed by atoms with Crippen LogP contribution in [0.25, 0.3) is 0 Å². The van der Waals surface area contributed by atoms with Crippen molar-refractivity contribution in [1.82, 2.24) is 4.90 Å². The summed E-state index contributed by atoms with van der Waals surface area (Å²) in [5.41, 5.74) is 2.93. The van der Waals surface area contributed by atoms with E-state index in [4.69, 9.17) is 4.74 Å². The van der Waals surface area contributed by atoms with Crippen molar-refractivity contribution in [3.63, 3.8) is 0 Å². The summed E-state index contributed by atoms with van der Waals surface area (Å²) in [6.07, 6.45) is 0.104. The van der Waals surface area contributed by atoms with E-state index in [1.807, 2.05) is 36.9 Å². The second-order valence-corrected chi connectivity index (χ2v) is 5.31. The number of carbonyl (C=O) groups is 1. The average Bonchev–Trinajstić information content (AvgIpc) is 2.38. The predicted molar refractivity (Wildman–Crippen MR) is 75.4 cm³/mol. The number of alkyl halides is 1. The van der Waals surface area contributed by atoms with Crippen molar-refractivity contribution in [3.05, 3.63) is 34.9 Å². The maximum Gasteiger partial charge on any atom is 0.254 e. The Hall–Kier alpha value is -0.870. The maximum atomic E-state index is 12.6. The lowest BCUT2D eigenvalue weighted by atomic mass is 10.0. The summed E-state index contributed by atoms with van der Waals surface area (Å²) < 4.78 is 5.56. The number of carbonyl (C=O) groups excluding carboxylic acids is 1. The van der Waals surface area contributed by atoms with Crippen LogP contribution < -0.4 is 0 Å². The molecule has 0 bridgehead atoms. The molecule has 1 aromatic rings. The molecule has 0 N–H and O–H groups in total. The molecule has 0 aliphatic carbocycles. The van der Waals surface area contributed by atoms with Gasteiger partial charge < -0.3 is 9.64 Å². The van der Waals surface area contributed by atoms with Gasteiger partial charge in [0.1, 0.15) is 0 Å². The zero-order chi connectivity index (χ0) is 13.1. The Morgan fingerprint density at radius 2 is 2.11 bits per heavy atom. The molecular formula is C14H18BrNO2. The Labute approximate surface area is 116 Å². The lowest BCUT2D eigenvalue weighted by Crippen LogP contribution is -2.46. The number of amides is 1. The van der Waals surface area contributed by atoms with Crippen molar-refractivity contribution in [1.29, 1.82) is 0 Å². The van der Waals surface area contributed by atoms with Crippen LogP contribution in [0.5, 0.6) is 0 Å². The highest BCUT2D eigenvalue weighted by molar-refractivity contribution is 9.09. The third kappa shape index (κ3) is 2.75. The first-order chi connectivity index (χ1) is 8.63. The second-order valence-electron chi connectivity index (χ2n) is 4.67. The fourth-order valence-corrected chi connectivity index (χ4v) is 2.70. The zero-order valence-electron chi connectivity index (χ0n) is 10.8. The number of aryl methyl sites for hydroxylation is 2. The van der Waals surface area contributed by atoms with E-state index >= 15 is 0 Å². The van der Waals surface area contributed by atoms with Crippen LogP contribution in [-0.4, -0.2) is 41.9 Å². The second kappa shape index (κ2) is 5.85. The van der Waals surface area contributed by atoms with Crippen molar-refractivity contribution in [2.75, 3.05) is 25.0 Å². The maximum absolute atomic E-state index is 12.6. The Morgan fingerprint density at radius 1 is 1.44 bits per heavy atom. The molecule has 2 rings (SSSR count). The number of nitrogens with zero attached hydrogens (tertiary/aromatic N) is 1. The molecule has 0 radical (unpaired) electrons. The van der Waals surface area contributed by atoms with E-state index < -0.39 is 0 Å². The normalized spacial score (nSPS) is 19.9. The zero-order valence-corrected chi connectivity index (χ0v) is 12.4. The van der Waals surface area contributed by atoms with Gasteiger partial charge in [-0.05, 0) is 25.0 Å². The van der Waals surface area contributed by atoms with Crippen molar-refractivity contribution in [2.45, 2.75) is 20.0 Å². The molecule has 1 unspecified atom stereocenters. The summed E-state index contributed by atoms with van der Waals surface area (Å²) in [6, 6.07) is 5.97. The van der Waals surface area contributed by atoms with E-state index in [1.54, 1.807) is 0 Å². The van der Waals surface area contributed by atoms with Crippen LogP contribution in [-0.2, 0) is 4.74 Å². The number of halogens is 1. The summed E-state index contributed by atoms with van der Waals surface area (Å²) >= 11 is 3.41. The minimum atomic E-state index is 0.104. The molecule has 1 heterocycles. The first-order valence-electron chi connectivity index (χ1n) is 6.16. The molecule has 1 aliphatic rings. The number of morpholine rings is 1. The van der Waals surface area contributed by atoms with Gasteiger partial charge in [-0.1, -0.05) is 34.1 Å². The molecule has 0 aromatic heterocycles. The highest BCUT2D eigenvalue weighted by Gasteiger charge is 2.25. The topological polar surface area (TPSA) is 29.5 Å². The summed E-state index contributed by atoms with van der Waals surface area (Å²) in [4.78, 5) is 14.5. The minimum Gasteiger partial charge on any atom is -0.374 e. The van der Waals surface area contributed by atoms with Gasteiger partial charge in [0, 0.05) is 24.0 Å². The van der Waals surface area contributed by atoms with Crippen molar-refractivity contribution in [2.24, 2.45) is 0 Å². The highest BCUT2D eigenvalue weighted by atomic mass is 79.9. The van der Waals surface area contributed by atoms with Gasteiger partial charge in [-0.25, -0.2) is 0 Å².